The minimum absolute atomic E-state index is 0.0211. The Morgan fingerprint density at radius 2 is 1.71 bits per heavy atom. The van der Waals surface area contributed by atoms with Gasteiger partial charge in [0.15, 0.2) is 5.43 Å². The second-order valence-corrected chi connectivity index (χ2v) is 7.86. The second-order valence-electron chi connectivity index (χ2n) is 7.86. The molecular formula is C26H22N4O. The predicted octanol–water partition coefficient (Wildman–Crippen LogP) is 5.07. The first-order valence-electron chi connectivity index (χ1n) is 10.2. The van der Waals surface area contributed by atoms with Gasteiger partial charge in [0.05, 0.1) is 11.7 Å². The van der Waals surface area contributed by atoms with Crippen molar-refractivity contribution in [1.29, 1.82) is 0 Å². The lowest BCUT2D eigenvalue weighted by Gasteiger charge is -2.07. The molecular weight excluding hydrogens is 384 g/mol. The van der Waals surface area contributed by atoms with Crippen molar-refractivity contribution < 1.29 is 0 Å². The number of nitrogens with zero attached hydrogens (tertiary/aromatic N) is 3. The Hall–Kier alpha value is -3.99. The van der Waals surface area contributed by atoms with Crippen molar-refractivity contribution in [2.75, 3.05) is 5.32 Å². The Morgan fingerprint density at radius 1 is 0.903 bits per heavy atom. The first-order chi connectivity index (χ1) is 15.1. The molecule has 31 heavy (non-hydrogen) atoms. The molecule has 0 radical (unpaired) electrons. The number of benzene rings is 2. The number of anilines is 1. The molecule has 2 heterocycles. The van der Waals surface area contributed by atoms with Crippen LogP contribution in [0.5, 0.6) is 0 Å². The average molecular weight is 406 g/mol. The fraction of sp³-hybridized carbons (Fsp3) is 0.115. The topological polar surface area (TPSA) is 59.8 Å². The summed E-state index contributed by atoms with van der Waals surface area (Å²) in [7, 11) is 1.87. The van der Waals surface area contributed by atoms with E-state index in [1.54, 1.807) is 17.1 Å². The van der Waals surface area contributed by atoms with Crippen LogP contribution in [-0.4, -0.2) is 14.8 Å². The molecule has 0 aliphatic rings. The van der Waals surface area contributed by atoms with Crippen LogP contribution in [0.1, 0.15) is 11.1 Å². The minimum atomic E-state index is -0.0211. The average Bonchev–Trinajstić information content (AvgIpc) is 3.17. The van der Waals surface area contributed by atoms with Crippen LogP contribution < -0.4 is 10.7 Å². The van der Waals surface area contributed by atoms with E-state index in [9.17, 15) is 4.79 Å². The smallest absolute Gasteiger partial charge is 0.195 e. The van der Waals surface area contributed by atoms with Crippen molar-refractivity contribution in [2.45, 2.75) is 13.5 Å². The Morgan fingerprint density at radius 3 is 2.48 bits per heavy atom. The quantitative estimate of drug-likeness (QED) is 0.453. The molecule has 3 aromatic carbocycles. The number of pyridine rings is 1. The standard InChI is InChI=1S/C26H22N4O/c1-17-3-5-18(6-4-17)13-27-22-9-7-19-8-10-25-24(26(31)23(19)12-22)11-20(14-28-25)21-15-29-30(2)16-21/h3-12,14-16,27H,13H2,1-2H3. The summed E-state index contributed by atoms with van der Waals surface area (Å²) in [5.74, 6) is 0. The van der Waals surface area contributed by atoms with Crippen LogP contribution in [0.3, 0.4) is 0 Å². The van der Waals surface area contributed by atoms with Gasteiger partial charge in [-0.2, -0.15) is 5.10 Å². The summed E-state index contributed by atoms with van der Waals surface area (Å²) in [5.41, 5.74) is 5.83. The maximum absolute atomic E-state index is 13.5. The zero-order valence-corrected chi connectivity index (χ0v) is 17.5. The van der Waals surface area contributed by atoms with Gasteiger partial charge in [0, 0.05) is 53.6 Å². The van der Waals surface area contributed by atoms with Gasteiger partial charge in [0.1, 0.15) is 0 Å². The number of aryl methyl sites for hydroxylation is 2. The van der Waals surface area contributed by atoms with Gasteiger partial charge in [-0.1, -0.05) is 42.0 Å². The largest absolute Gasteiger partial charge is 0.381 e. The molecule has 0 saturated carbocycles. The van der Waals surface area contributed by atoms with E-state index in [4.69, 9.17) is 0 Å². The number of fused-ring (bicyclic) bond motifs is 2. The van der Waals surface area contributed by atoms with Crippen LogP contribution in [-0.2, 0) is 13.6 Å². The number of hydrogen-bond donors (Lipinski definition) is 1. The van der Waals surface area contributed by atoms with Gasteiger partial charge >= 0.3 is 0 Å². The Balaban J connectivity index is 1.57. The fourth-order valence-corrected chi connectivity index (χ4v) is 3.75. The van der Waals surface area contributed by atoms with E-state index in [0.29, 0.717) is 22.8 Å². The highest BCUT2D eigenvalue weighted by molar-refractivity contribution is 5.94. The number of hydrogen-bond acceptors (Lipinski definition) is 4. The van der Waals surface area contributed by atoms with Crippen molar-refractivity contribution in [3.05, 3.63) is 101 Å². The summed E-state index contributed by atoms with van der Waals surface area (Å²) < 4.78 is 1.74. The Kier molecular flexibility index (Phi) is 4.71. The first-order valence-corrected chi connectivity index (χ1v) is 10.2. The zero-order valence-electron chi connectivity index (χ0n) is 17.5. The van der Waals surface area contributed by atoms with E-state index in [0.717, 1.165) is 22.2 Å². The molecule has 0 spiro atoms. The van der Waals surface area contributed by atoms with Crippen LogP contribution in [0.4, 0.5) is 5.69 Å². The lowest BCUT2D eigenvalue weighted by Crippen LogP contribution is -2.02. The van der Waals surface area contributed by atoms with Crippen molar-refractivity contribution in [2.24, 2.45) is 7.05 Å². The lowest BCUT2D eigenvalue weighted by molar-refractivity contribution is 0.768. The summed E-state index contributed by atoms with van der Waals surface area (Å²) in [6.07, 6.45) is 5.49. The van der Waals surface area contributed by atoms with Crippen LogP contribution in [0.2, 0.25) is 0 Å². The number of rotatable bonds is 4. The molecule has 2 aromatic heterocycles. The molecule has 1 N–H and O–H groups in total. The highest BCUT2D eigenvalue weighted by atomic mass is 16.1. The lowest BCUT2D eigenvalue weighted by atomic mass is 10.1. The molecule has 152 valence electrons. The van der Waals surface area contributed by atoms with Crippen molar-refractivity contribution in [3.63, 3.8) is 0 Å². The third-order valence-electron chi connectivity index (χ3n) is 5.54. The number of aromatic nitrogens is 3. The molecule has 0 saturated heterocycles. The SMILES string of the molecule is Cc1ccc(CNc2ccc3ccc4ncc(-c5cnn(C)c5)cc4c(=O)c3c2)cc1. The molecule has 0 bridgehead atoms. The molecule has 5 heteroatoms. The summed E-state index contributed by atoms with van der Waals surface area (Å²) in [5, 5.41) is 9.83. The Bertz CT molecular complexity index is 1470. The molecule has 0 unspecified atom stereocenters. The van der Waals surface area contributed by atoms with E-state index in [-0.39, 0.29) is 5.43 Å². The van der Waals surface area contributed by atoms with Gasteiger partial charge in [-0.3, -0.25) is 14.5 Å². The van der Waals surface area contributed by atoms with Crippen molar-refractivity contribution in [1.82, 2.24) is 14.8 Å². The van der Waals surface area contributed by atoms with Crippen LogP contribution in [0.25, 0.3) is 32.8 Å². The normalized spacial score (nSPS) is 11.2. The minimum Gasteiger partial charge on any atom is -0.381 e. The molecule has 0 fully saturated rings. The molecule has 0 aliphatic carbocycles. The van der Waals surface area contributed by atoms with E-state index in [2.05, 4.69) is 46.6 Å². The van der Waals surface area contributed by atoms with Gasteiger partial charge in [0.2, 0.25) is 0 Å². The maximum atomic E-state index is 13.5. The summed E-state index contributed by atoms with van der Waals surface area (Å²) in [4.78, 5) is 18.0. The van der Waals surface area contributed by atoms with Crippen LogP contribution in [0, 0.1) is 6.92 Å². The molecule has 0 aliphatic heterocycles. The fourth-order valence-electron chi connectivity index (χ4n) is 3.75. The summed E-state index contributed by atoms with van der Waals surface area (Å²) in [6, 6.07) is 20.1. The third kappa shape index (κ3) is 3.78. The summed E-state index contributed by atoms with van der Waals surface area (Å²) in [6.45, 7) is 2.78. The van der Waals surface area contributed by atoms with E-state index < -0.39 is 0 Å². The van der Waals surface area contributed by atoms with Crippen molar-refractivity contribution >= 4 is 27.4 Å². The molecule has 0 amide bonds. The molecule has 5 nitrogen and oxygen atoms in total. The van der Waals surface area contributed by atoms with Gasteiger partial charge in [-0.05, 0) is 42.1 Å². The molecule has 0 atom stereocenters. The summed E-state index contributed by atoms with van der Waals surface area (Å²) >= 11 is 0. The molecule has 5 rings (SSSR count). The zero-order chi connectivity index (χ0) is 21.4. The molecule has 5 aromatic rings. The third-order valence-corrected chi connectivity index (χ3v) is 5.54. The highest BCUT2D eigenvalue weighted by Crippen LogP contribution is 2.23. The Labute approximate surface area is 180 Å². The van der Waals surface area contributed by atoms with E-state index >= 15 is 0 Å². The van der Waals surface area contributed by atoms with Crippen LogP contribution >= 0.6 is 0 Å². The monoisotopic (exact) mass is 406 g/mol. The first kappa shape index (κ1) is 19.0. The number of nitrogens with one attached hydrogen (secondary N) is 1. The van der Waals surface area contributed by atoms with Gasteiger partial charge < -0.3 is 5.32 Å². The van der Waals surface area contributed by atoms with E-state index in [1.807, 2.05) is 49.6 Å². The highest BCUT2D eigenvalue weighted by Gasteiger charge is 2.08. The maximum Gasteiger partial charge on any atom is 0.195 e. The van der Waals surface area contributed by atoms with Gasteiger partial charge in [-0.15, -0.1) is 0 Å². The van der Waals surface area contributed by atoms with Crippen LogP contribution in [0.15, 0.2) is 84.0 Å². The van der Waals surface area contributed by atoms with E-state index in [1.165, 1.54) is 11.1 Å². The second kappa shape index (κ2) is 7.69. The van der Waals surface area contributed by atoms with Crippen molar-refractivity contribution in [3.8, 4) is 11.1 Å². The van der Waals surface area contributed by atoms with Gasteiger partial charge in [-0.25, -0.2) is 0 Å². The predicted molar refractivity (Wildman–Crippen MR) is 126 cm³/mol. The van der Waals surface area contributed by atoms with Gasteiger partial charge in [0.25, 0.3) is 0 Å².